The maximum atomic E-state index is 8.40. The highest BCUT2D eigenvalue weighted by Crippen LogP contribution is 1.97. The van der Waals surface area contributed by atoms with Gasteiger partial charge in [-0.25, -0.2) is 0 Å². The average Bonchev–Trinajstić information content (AvgIpc) is 2.31. The van der Waals surface area contributed by atoms with Crippen molar-refractivity contribution in [1.82, 2.24) is 5.32 Å². The van der Waals surface area contributed by atoms with Crippen molar-refractivity contribution in [1.29, 1.82) is 5.26 Å². The maximum Gasteiger partial charge on any atom is 0.183 e. The maximum absolute atomic E-state index is 8.40. The number of nitrogens with zero attached hydrogens (tertiary/aromatic N) is 2. The number of ether oxygens (including phenoxy) is 2. The van der Waals surface area contributed by atoms with Gasteiger partial charge in [0.2, 0.25) is 0 Å². The van der Waals surface area contributed by atoms with Crippen LogP contribution in [-0.2, 0) is 9.47 Å². The van der Waals surface area contributed by atoms with E-state index in [1.54, 1.807) is 7.11 Å². The summed E-state index contributed by atoms with van der Waals surface area (Å²) in [6, 6.07) is 0. The lowest BCUT2D eigenvalue weighted by Crippen LogP contribution is -2.13. The van der Waals surface area contributed by atoms with Crippen molar-refractivity contribution in [2.45, 2.75) is 12.8 Å². The van der Waals surface area contributed by atoms with Gasteiger partial charge in [-0.1, -0.05) is 11.8 Å². The highest BCUT2D eigenvalue weighted by atomic mass is 32.2. The number of methoxy groups -OCH3 is 1. The zero-order valence-corrected chi connectivity index (χ0v) is 10.7. The van der Waals surface area contributed by atoms with E-state index in [1.165, 1.54) is 11.8 Å². The van der Waals surface area contributed by atoms with Gasteiger partial charge >= 0.3 is 0 Å². The van der Waals surface area contributed by atoms with Gasteiger partial charge in [-0.2, -0.15) is 5.26 Å². The van der Waals surface area contributed by atoms with E-state index >= 15 is 0 Å². The molecular formula is C10H19N3O2S. The number of amidine groups is 1. The summed E-state index contributed by atoms with van der Waals surface area (Å²) in [4.78, 5) is 4.23. The number of hydrogen-bond acceptors (Lipinski definition) is 5. The normalized spacial score (nSPS) is 11.2. The van der Waals surface area contributed by atoms with Crippen molar-refractivity contribution in [3.63, 3.8) is 0 Å². The lowest BCUT2D eigenvalue weighted by molar-refractivity contribution is 0.0690. The van der Waals surface area contributed by atoms with E-state index in [2.05, 4.69) is 10.3 Å². The molecule has 0 radical (unpaired) electrons. The lowest BCUT2D eigenvalue weighted by Gasteiger charge is -2.02. The molecule has 0 aliphatic rings. The number of rotatable bonds is 8. The summed E-state index contributed by atoms with van der Waals surface area (Å²) >= 11 is 1.44. The van der Waals surface area contributed by atoms with Crippen LogP contribution in [0.4, 0.5) is 0 Å². The number of nitrogens with one attached hydrogen (secondary N) is 1. The quantitative estimate of drug-likeness (QED) is 0.229. The Balaban J connectivity index is 3.34. The molecule has 0 atom stereocenters. The summed E-state index contributed by atoms with van der Waals surface area (Å²) in [5.41, 5.74) is 0. The van der Waals surface area contributed by atoms with Crippen molar-refractivity contribution in [3.05, 3.63) is 0 Å². The minimum atomic E-state index is 0.640. The molecule has 0 fully saturated rings. The second-order valence-corrected chi connectivity index (χ2v) is 3.74. The van der Waals surface area contributed by atoms with Gasteiger partial charge in [0.1, 0.15) is 0 Å². The monoisotopic (exact) mass is 245 g/mol. The molecule has 0 amide bonds. The summed E-state index contributed by atoms with van der Waals surface area (Å²) in [7, 11) is 1.66. The molecule has 1 N–H and O–H groups in total. The van der Waals surface area contributed by atoms with Crippen LogP contribution in [0, 0.1) is 11.5 Å². The average molecular weight is 245 g/mol. The molecule has 92 valence electrons. The molecule has 5 nitrogen and oxygen atoms in total. The molecule has 6 heteroatoms. The van der Waals surface area contributed by atoms with Gasteiger partial charge in [0.05, 0.1) is 13.2 Å². The number of hydrogen-bond donors (Lipinski definition) is 1. The van der Waals surface area contributed by atoms with Crippen LogP contribution in [0.3, 0.4) is 0 Å². The van der Waals surface area contributed by atoms with Crippen molar-refractivity contribution in [3.8, 4) is 6.19 Å². The molecular weight excluding hydrogens is 226 g/mol. The molecule has 0 aromatic carbocycles. The van der Waals surface area contributed by atoms with Crippen molar-refractivity contribution < 1.29 is 9.47 Å². The Morgan fingerprint density at radius 3 is 2.81 bits per heavy atom. The summed E-state index contributed by atoms with van der Waals surface area (Å²) in [5.74, 6) is 0. The van der Waals surface area contributed by atoms with Gasteiger partial charge in [-0.3, -0.25) is 10.3 Å². The Morgan fingerprint density at radius 2 is 2.19 bits per heavy atom. The van der Waals surface area contributed by atoms with Crippen LogP contribution in [0.15, 0.2) is 4.99 Å². The highest BCUT2D eigenvalue weighted by Gasteiger charge is 1.94. The van der Waals surface area contributed by atoms with Crippen molar-refractivity contribution in [2.75, 3.05) is 39.7 Å². The van der Waals surface area contributed by atoms with Crippen LogP contribution in [0.1, 0.15) is 12.8 Å². The van der Waals surface area contributed by atoms with E-state index in [-0.39, 0.29) is 0 Å². The van der Waals surface area contributed by atoms with Crippen molar-refractivity contribution >= 4 is 16.9 Å². The Bertz CT molecular complexity index is 229. The number of thioether (sulfide) groups is 1. The van der Waals surface area contributed by atoms with Crippen LogP contribution in [0.5, 0.6) is 0 Å². The van der Waals surface area contributed by atoms with Crippen molar-refractivity contribution in [2.24, 2.45) is 4.99 Å². The summed E-state index contributed by atoms with van der Waals surface area (Å²) in [6.45, 7) is 2.74. The zero-order valence-electron chi connectivity index (χ0n) is 9.86. The summed E-state index contributed by atoms with van der Waals surface area (Å²) in [5, 5.41) is 11.6. The van der Waals surface area contributed by atoms with Gasteiger partial charge in [-0.15, -0.1) is 0 Å². The minimum Gasteiger partial charge on any atom is -0.382 e. The fourth-order valence-corrected chi connectivity index (χ4v) is 1.31. The zero-order chi connectivity index (χ0) is 12.1. The smallest absolute Gasteiger partial charge is 0.183 e. The molecule has 0 aromatic heterocycles. The molecule has 0 spiro atoms. The third kappa shape index (κ3) is 9.77. The van der Waals surface area contributed by atoms with Gasteiger partial charge < -0.3 is 9.47 Å². The number of nitriles is 1. The standard InChI is InChI=1S/C10H19N3O2S/c1-14-7-8-15-6-4-3-5-12-10(16-2)13-9-11/h3-8H2,1-2H3,(H,12,13). The third-order valence-electron chi connectivity index (χ3n) is 1.74. The first-order valence-electron chi connectivity index (χ1n) is 5.15. The van der Waals surface area contributed by atoms with E-state index < -0.39 is 0 Å². The SMILES string of the molecule is COCCOCCCCN=C(NC#N)SC. The van der Waals surface area contributed by atoms with Crippen LogP contribution in [-0.4, -0.2) is 44.9 Å². The Hall–Kier alpha value is -0.770. The lowest BCUT2D eigenvalue weighted by atomic mass is 10.3. The van der Waals surface area contributed by atoms with Crippen LogP contribution in [0.25, 0.3) is 0 Å². The molecule has 0 aromatic rings. The molecule has 16 heavy (non-hydrogen) atoms. The van der Waals surface area contributed by atoms with E-state index in [0.29, 0.717) is 18.4 Å². The predicted molar refractivity (Wildman–Crippen MR) is 66.5 cm³/mol. The second kappa shape index (κ2) is 12.3. The molecule has 0 rings (SSSR count). The first kappa shape index (κ1) is 15.2. The fraction of sp³-hybridized carbons (Fsp3) is 0.800. The Morgan fingerprint density at radius 1 is 1.38 bits per heavy atom. The second-order valence-electron chi connectivity index (χ2n) is 2.94. The molecule has 0 aliphatic carbocycles. The molecule has 0 saturated heterocycles. The third-order valence-corrected chi connectivity index (χ3v) is 2.36. The first-order valence-corrected chi connectivity index (χ1v) is 6.37. The predicted octanol–water partition coefficient (Wildman–Crippen LogP) is 1.22. The largest absolute Gasteiger partial charge is 0.382 e. The van der Waals surface area contributed by atoms with Gasteiger partial charge in [-0.05, 0) is 19.1 Å². The highest BCUT2D eigenvalue weighted by molar-refractivity contribution is 8.13. The van der Waals surface area contributed by atoms with Gasteiger partial charge in [0.15, 0.2) is 11.4 Å². The van der Waals surface area contributed by atoms with Crippen LogP contribution in [0.2, 0.25) is 0 Å². The molecule has 0 saturated carbocycles. The molecule has 0 unspecified atom stereocenters. The minimum absolute atomic E-state index is 0.640. The van der Waals surface area contributed by atoms with E-state index in [4.69, 9.17) is 14.7 Å². The van der Waals surface area contributed by atoms with E-state index in [9.17, 15) is 0 Å². The molecule has 0 aliphatic heterocycles. The molecule has 0 heterocycles. The first-order chi connectivity index (χ1) is 7.85. The van der Waals surface area contributed by atoms with Gasteiger partial charge in [0.25, 0.3) is 0 Å². The Kier molecular flexibility index (Phi) is 11.7. The van der Waals surface area contributed by atoms with E-state index in [1.807, 2.05) is 12.4 Å². The van der Waals surface area contributed by atoms with E-state index in [0.717, 1.165) is 26.0 Å². The number of unbranched alkanes of at least 4 members (excludes halogenated alkanes) is 1. The summed E-state index contributed by atoms with van der Waals surface area (Å²) < 4.78 is 10.2. The fourth-order valence-electron chi connectivity index (χ4n) is 0.944. The summed E-state index contributed by atoms with van der Waals surface area (Å²) in [6.07, 6.45) is 5.68. The number of aliphatic imine (C=N–C) groups is 1. The van der Waals surface area contributed by atoms with Crippen LogP contribution >= 0.6 is 11.8 Å². The Labute approximate surface area is 101 Å². The topological polar surface area (TPSA) is 66.6 Å². The van der Waals surface area contributed by atoms with Crippen LogP contribution < -0.4 is 5.32 Å². The van der Waals surface area contributed by atoms with Gasteiger partial charge in [0, 0.05) is 20.3 Å². The molecule has 0 bridgehead atoms.